The Morgan fingerprint density at radius 3 is 2.83 bits per heavy atom. The van der Waals surface area contributed by atoms with Crippen LogP contribution in [0, 0.1) is 12.8 Å². The largest absolute Gasteiger partial charge is 0.396 e. The quantitative estimate of drug-likeness (QED) is 0.778. The molecule has 0 spiro atoms. The maximum Gasteiger partial charge on any atom is 0.0896 e. The number of aromatic nitrogens is 1. The minimum absolute atomic E-state index is 0.285. The Bertz CT molecular complexity index is 230. The van der Waals surface area contributed by atoms with Crippen LogP contribution in [0.1, 0.15) is 23.2 Å². The molecule has 1 unspecified atom stereocenters. The molecule has 0 fully saturated rings. The van der Waals surface area contributed by atoms with E-state index >= 15 is 0 Å². The van der Waals surface area contributed by atoms with Crippen molar-refractivity contribution in [3.63, 3.8) is 0 Å². The van der Waals surface area contributed by atoms with E-state index in [4.69, 9.17) is 5.11 Å². The van der Waals surface area contributed by atoms with Gasteiger partial charge in [-0.2, -0.15) is 0 Å². The summed E-state index contributed by atoms with van der Waals surface area (Å²) in [6.07, 6.45) is 3.92. The Balaban J connectivity index is 2.50. The van der Waals surface area contributed by atoms with Gasteiger partial charge in [0.15, 0.2) is 0 Å². The average Bonchev–Trinajstić information content (AvgIpc) is 2.47. The minimum Gasteiger partial charge on any atom is -0.396 e. The summed E-state index contributed by atoms with van der Waals surface area (Å²) in [4.78, 5) is 5.46. The third kappa shape index (κ3) is 2.57. The zero-order valence-electron chi connectivity index (χ0n) is 7.58. The molecule has 0 aliphatic rings. The first-order chi connectivity index (χ1) is 5.76. The van der Waals surface area contributed by atoms with Gasteiger partial charge in [0.1, 0.15) is 0 Å². The SMILES string of the molecule is CCC(CO)Cc1cnc(C)s1. The second-order valence-electron chi connectivity index (χ2n) is 3.01. The normalized spacial score (nSPS) is 13.2. The van der Waals surface area contributed by atoms with Crippen LogP contribution in [0.5, 0.6) is 0 Å². The van der Waals surface area contributed by atoms with Crippen LogP contribution in [0.3, 0.4) is 0 Å². The van der Waals surface area contributed by atoms with E-state index in [9.17, 15) is 0 Å². The summed E-state index contributed by atoms with van der Waals surface area (Å²) in [5.74, 6) is 0.407. The maximum absolute atomic E-state index is 8.98. The van der Waals surface area contributed by atoms with E-state index in [2.05, 4.69) is 11.9 Å². The number of aliphatic hydroxyl groups excluding tert-OH is 1. The number of aryl methyl sites for hydroxylation is 1. The molecule has 68 valence electrons. The Morgan fingerprint density at radius 1 is 1.67 bits per heavy atom. The minimum atomic E-state index is 0.285. The Hall–Kier alpha value is -0.410. The van der Waals surface area contributed by atoms with E-state index in [1.165, 1.54) is 4.88 Å². The Kier molecular flexibility index (Phi) is 3.69. The van der Waals surface area contributed by atoms with Crippen molar-refractivity contribution in [1.29, 1.82) is 0 Å². The summed E-state index contributed by atoms with van der Waals surface area (Å²) >= 11 is 1.72. The van der Waals surface area contributed by atoms with Gasteiger partial charge < -0.3 is 5.11 Å². The fraction of sp³-hybridized carbons (Fsp3) is 0.667. The van der Waals surface area contributed by atoms with Crippen molar-refractivity contribution >= 4 is 11.3 Å². The first-order valence-corrected chi connectivity index (χ1v) is 5.10. The molecule has 1 aromatic heterocycles. The molecule has 0 saturated heterocycles. The molecule has 0 bridgehead atoms. The highest BCUT2D eigenvalue weighted by Gasteiger charge is 2.07. The molecule has 12 heavy (non-hydrogen) atoms. The molecule has 1 rings (SSSR count). The molecule has 1 atom stereocenters. The number of aliphatic hydroxyl groups is 1. The zero-order chi connectivity index (χ0) is 8.97. The van der Waals surface area contributed by atoms with Crippen LogP contribution < -0.4 is 0 Å². The van der Waals surface area contributed by atoms with E-state index in [0.717, 1.165) is 17.8 Å². The van der Waals surface area contributed by atoms with Crippen LogP contribution in [-0.2, 0) is 6.42 Å². The molecule has 0 aliphatic heterocycles. The second kappa shape index (κ2) is 4.58. The summed E-state index contributed by atoms with van der Waals surface area (Å²) in [5.41, 5.74) is 0. The van der Waals surface area contributed by atoms with Crippen LogP contribution in [0.4, 0.5) is 0 Å². The van der Waals surface area contributed by atoms with E-state index in [1.54, 1.807) is 11.3 Å². The average molecular weight is 185 g/mol. The lowest BCUT2D eigenvalue weighted by Gasteiger charge is -2.08. The van der Waals surface area contributed by atoms with Crippen LogP contribution >= 0.6 is 11.3 Å². The van der Waals surface area contributed by atoms with Gasteiger partial charge in [0, 0.05) is 17.7 Å². The van der Waals surface area contributed by atoms with Crippen LogP contribution in [0.15, 0.2) is 6.20 Å². The third-order valence-corrected chi connectivity index (χ3v) is 2.93. The summed E-state index contributed by atoms with van der Waals surface area (Å²) < 4.78 is 0. The van der Waals surface area contributed by atoms with E-state index in [-0.39, 0.29) is 6.61 Å². The van der Waals surface area contributed by atoms with E-state index < -0.39 is 0 Å². The van der Waals surface area contributed by atoms with Crippen molar-refractivity contribution in [1.82, 2.24) is 4.98 Å². The van der Waals surface area contributed by atoms with Crippen molar-refractivity contribution < 1.29 is 5.11 Å². The van der Waals surface area contributed by atoms with Gasteiger partial charge in [0.05, 0.1) is 5.01 Å². The molecule has 0 radical (unpaired) electrons. The fourth-order valence-electron chi connectivity index (χ4n) is 1.12. The smallest absolute Gasteiger partial charge is 0.0896 e. The molecule has 1 heterocycles. The second-order valence-corrected chi connectivity index (χ2v) is 4.33. The van der Waals surface area contributed by atoms with Gasteiger partial charge in [-0.1, -0.05) is 13.3 Å². The summed E-state index contributed by atoms with van der Waals surface area (Å²) in [6.45, 7) is 4.40. The van der Waals surface area contributed by atoms with Crippen LogP contribution in [0.25, 0.3) is 0 Å². The zero-order valence-corrected chi connectivity index (χ0v) is 8.40. The van der Waals surface area contributed by atoms with Gasteiger partial charge in [0.2, 0.25) is 0 Å². The maximum atomic E-state index is 8.98. The topological polar surface area (TPSA) is 33.1 Å². The first kappa shape index (κ1) is 9.68. The number of hydrogen-bond acceptors (Lipinski definition) is 3. The number of rotatable bonds is 4. The van der Waals surface area contributed by atoms with Crippen molar-refractivity contribution in [2.75, 3.05) is 6.61 Å². The van der Waals surface area contributed by atoms with Crippen molar-refractivity contribution in [2.24, 2.45) is 5.92 Å². The highest BCUT2D eigenvalue weighted by molar-refractivity contribution is 7.11. The Labute approximate surface area is 77.3 Å². The van der Waals surface area contributed by atoms with Crippen molar-refractivity contribution in [2.45, 2.75) is 26.7 Å². The number of nitrogens with zero attached hydrogens (tertiary/aromatic N) is 1. The van der Waals surface area contributed by atoms with E-state index in [0.29, 0.717) is 5.92 Å². The van der Waals surface area contributed by atoms with Gasteiger partial charge in [0.25, 0.3) is 0 Å². The van der Waals surface area contributed by atoms with E-state index in [1.807, 2.05) is 13.1 Å². The molecular formula is C9H15NOS. The monoisotopic (exact) mass is 185 g/mol. The number of hydrogen-bond donors (Lipinski definition) is 1. The molecule has 0 aromatic carbocycles. The molecule has 3 heteroatoms. The van der Waals surface area contributed by atoms with Gasteiger partial charge in [-0.15, -0.1) is 11.3 Å². The van der Waals surface area contributed by atoms with Gasteiger partial charge in [-0.05, 0) is 19.3 Å². The lowest BCUT2D eigenvalue weighted by atomic mass is 10.0. The predicted molar refractivity (Wildman–Crippen MR) is 51.4 cm³/mol. The standard InChI is InChI=1S/C9H15NOS/c1-3-8(6-11)4-9-5-10-7(2)12-9/h5,8,11H,3-4,6H2,1-2H3. The highest BCUT2D eigenvalue weighted by atomic mass is 32.1. The predicted octanol–water partition coefficient (Wildman–Crippen LogP) is 2.01. The van der Waals surface area contributed by atoms with Gasteiger partial charge >= 0.3 is 0 Å². The molecule has 0 aliphatic carbocycles. The first-order valence-electron chi connectivity index (χ1n) is 4.28. The summed E-state index contributed by atoms with van der Waals surface area (Å²) in [6, 6.07) is 0. The number of thiazole rings is 1. The Morgan fingerprint density at radius 2 is 2.42 bits per heavy atom. The van der Waals surface area contributed by atoms with Crippen LogP contribution in [0.2, 0.25) is 0 Å². The highest BCUT2D eigenvalue weighted by Crippen LogP contribution is 2.17. The molecule has 1 aromatic rings. The lowest BCUT2D eigenvalue weighted by Crippen LogP contribution is -2.06. The lowest BCUT2D eigenvalue weighted by molar-refractivity contribution is 0.222. The fourth-order valence-corrected chi connectivity index (χ4v) is 2.03. The van der Waals surface area contributed by atoms with Crippen molar-refractivity contribution in [3.8, 4) is 0 Å². The summed E-state index contributed by atoms with van der Waals surface area (Å²) in [5, 5.41) is 10.1. The third-order valence-electron chi connectivity index (χ3n) is 1.99. The molecule has 0 amide bonds. The van der Waals surface area contributed by atoms with Gasteiger partial charge in [-0.3, -0.25) is 0 Å². The van der Waals surface area contributed by atoms with Gasteiger partial charge in [-0.25, -0.2) is 4.98 Å². The molecule has 1 N–H and O–H groups in total. The molecule has 2 nitrogen and oxygen atoms in total. The summed E-state index contributed by atoms with van der Waals surface area (Å²) in [7, 11) is 0. The molecule has 0 saturated carbocycles. The van der Waals surface area contributed by atoms with Crippen molar-refractivity contribution in [3.05, 3.63) is 16.1 Å². The molecular weight excluding hydrogens is 170 g/mol. The van der Waals surface area contributed by atoms with Crippen LogP contribution in [-0.4, -0.2) is 16.7 Å².